The van der Waals surface area contributed by atoms with Crippen molar-refractivity contribution < 1.29 is 18.7 Å². The number of piperazine rings is 1. The summed E-state index contributed by atoms with van der Waals surface area (Å²) in [4.78, 5) is 16.3. The summed E-state index contributed by atoms with van der Waals surface area (Å²) in [7, 11) is 0. The lowest BCUT2D eigenvalue weighted by molar-refractivity contribution is -0.00156. The molecule has 1 unspecified atom stereocenters. The Morgan fingerprint density at radius 3 is 2.63 bits per heavy atom. The van der Waals surface area contributed by atoms with Gasteiger partial charge >= 0.3 is 6.09 Å². The van der Waals surface area contributed by atoms with E-state index < -0.39 is 5.60 Å². The lowest BCUT2D eigenvalue weighted by Gasteiger charge is -2.40. The van der Waals surface area contributed by atoms with E-state index in [1.165, 1.54) is 6.07 Å². The van der Waals surface area contributed by atoms with Crippen molar-refractivity contribution in [1.29, 1.82) is 0 Å². The van der Waals surface area contributed by atoms with Crippen LogP contribution in [0.5, 0.6) is 5.75 Å². The molecule has 0 radical (unpaired) electrons. The van der Waals surface area contributed by atoms with Crippen LogP contribution < -0.4 is 4.74 Å². The third-order valence-electron chi connectivity index (χ3n) is 4.52. The normalized spacial score (nSPS) is 19.7. The van der Waals surface area contributed by atoms with Crippen LogP contribution in [0.2, 0.25) is 0 Å². The number of nitrogens with zero attached hydrogens (tertiary/aromatic N) is 2. The summed E-state index contributed by atoms with van der Waals surface area (Å²) in [6.07, 6.45) is -0.293. The number of hydrogen-bond donors (Lipinski definition) is 0. The molecular formula is C20H30BrFN2O3. The van der Waals surface area contributed by atoms with E-state index in [1.807, 2.05) is 41.5 Å². The Kier molecular flexibility index (Phi) is 7.14. The van der Waals surface area contributed by atoms with Gasteiger partial charge in [0.2, 0.25) is 0 Å². The molecule has 0 bridgehead atoms. The molecule has 3 rings (SSSR count). The molecule has 0 aliphatic carbocycles. The van der Waals surface area contributed by atoms with E-state index in [-0.39, 0.29) is 18.0 Å². The smallest absolute Gasteiger partial charge is 0.410 e. The molecular weight excluding hydrogens is 415 g/mol. The van der Waals surface area contributed by atoms with Crippen LogP contribution in [0.4, 0.5) is 9.18 Å². The lowest BCUT2D eigenvalue weighted by atomic mass is 10.1. The van der Waals surface area contributed by atoms with E-state index in [4.69, 9.17) is 9.47 Å². The predicted molar refractivity (Wildman–Crippen MR) is 108 cm³/mol. The maximum Gasteiger partial charge on any atom is 0.410 e. The van der Waals surface area contributed by atoms with Gasteiger partial charge in [0, 0.05) is 37.3 Å². The maximum atomic E-state index is 14.1. The highest BCUT2D eigenvalue weighted by Gasteiger charge is 2.35. The van der Waals surface area contributed by atoms with E-state index in [9.17, 15) is 9.18 Å². The number of hydrogen-bond acceptors (Lipinski definition) is 4. The van der Waals surface area contributed by atoms with Gasteiger partial charge in [-0.25, -0.2) is 9.18 Å². The monoisotopic (exact) mass is 444 g/mol. The van der Waals surface area contributed by atoms with Crippen molar-refractivity contribution in [2.75, 3.05) is 26.2 Å². The van der Waals surface area contributed by atoms with Gasteiger partial charge in [0.25, 0.3) is 0 Å². The highest BCUT2D eigenvalue weighted by atomic mass is 79.9. The van der Waals surface area contributed by atoms with Crippen molar-refractivity contribution in [2.24, 2.45) is 0 Å². The summed E-state index contributed by atoms with van der Waals surface area (Å²) < 4.78 is 26.0. The fourth-order valence-electron chi connectivity index (χ4n) is 3.27. The number of ether oxygens (including phenoxy) is 2. The Morgan fingerprint density at radius 1 is 1.33 bits per heavy atom. The molecule has 1 aromatic rings. The molecule has 27 heavy (non-hydrogen) atoms. The van der Waals surface area contributed by atoms with Crippen LogP contribution in [0.1, 0.15) is 45.7 Å². The summed E-state index contributed by atoms with van der Waals surface area (Å²) in [6, 6.07) is 1.60. The van der Waals surface area contributed by atoms with Crippen LogP contribution in [-0.4, -0.2) is 53.8 Å². The quantitative estimate of drug-likeness (QED) is 0.579. The summed E-state index contributed by atoms with van der Waals surface area (Å²) in [5, 5.41) is 0. The largest absolute Gasteiger partial charge is 0.491 e. The zero-order chi connectivity index (χ0) is 20.4. The minimum absolute atomic E-state index is 0.0647. The van der Waals surface area contributed by atoms with E-state index in [0.717, 1.165) is 16.9 Å². The number of rotatable bonds is 0. The van der Waals surface area contributed by atoms with E-state index in [2.05, 4.69) is 20.8 Å². The SMILES string of the molecule is CC.Cc1c(Br)c(F)cc2c1OCC1CN(C(=O)OC(C)(C)C)CCN1C2. The summed E-state index contributed by atoms with van der Waals surface area (Å²) >= 11 is 3.28. The molecule has 0 aromatic heterocycles. The lowest BCUT2D eigenvalue weighted by Crippen LogP contribution is -2.56. The first kappa shape index (κ1) is 22.0. The first-order valence-corrected chi connectivity index (χ1v) is 10.3. The third-order valence-corrected chi connectivity index (χ3v) is 5.50. The first-order valence-electron chi connectivity index (χ1n) is 9.48. The fraction of sp³-hybridized carbons (Fsp3) is 0.650. The summed E-state index contributed by atoms with van der Waals surface area (Å²) in [5.41, 5.74) is 1.12. The molecule has 1 atom stereocenters. The van der Waals surface area contributed by atoms with Crippen molar-refractivity contribution in [2.45, 2.75) is 59.7 Å². The van der Waals surface area contributed by atoms with Gasteiger partial charge in [0.1, 0.15) is 23.8 Å². The topological polar surface area (TPSA) is 42.0 Å². The zero-order valence-corrected chi connectivity index (χ0v) is 18.7. The number of benzene rings is 1. The van der Waals surface area contributed by atoms with Crippen LogP contribution in [0.3, 0.4) is 0 Å². The third kappa shape index (κ3) is 5.13. The minimum atomic E-state index is -0.509. The highest BCUT2D eigenvalue weighted by molar-refractivity contribution is 9.10. The molecule has 1 amide bonds. The first-order chi connectivity index (χ1) is 12.7. The van der Waals surface area contributed by atoms with Crippen LogP contribution in [0, 0.1) is 12.7 Å². The van der Waals surface area contributed by atoms with Crippen molar-refractivity contribution in [3.05, 3.63) is 27.5 Å². The number of carbonyl (C=O) groups is 1. The highest BCUT2D eigenvalue weighted by Crippen LogP contribution is 2.36. The van der Waals surface area contributed by atoms with Gasteiger partial charge in [0.05, 0.1) is 10.5 Å². The van der Waals surface area contributed by atoms with E-state index in [1.54, 1.807) is 4.90 Å². The van der Waals surface area contributed by atoms with Gasteiger partial charge in [-0.15, -0.1) is 0 Å². The van der Waals surface area contributed by atoms with Gasteiger partial charge in [-0.05, 0) is 49.7 Å². The van der Waals surface area contributed by atoms with Gasteiger partial charge in [0.15, 0.2) is 0 Å². The van der Waals surface area contributed by atoms with E-state index >= 15 is 0 Å². The molecule has 0 saturated carbocycles. The molecule has 0 N–H and O–H groups in total. The Bertz CT molecular complexity index is 691. The summed E-state index contributed by atoms with van der Waals surface area (Å²) in [5.74, 6) is 0.470. The Labute approximate surface area is 169 Å². The Balaban J connectivity index is 0.00000126. The van der Waals surface area contributed by atoms with Gasteiger partial charge in [-0.1, -0.05) is 13.8 Å². The van der Waals surface area contributed by atoms with Crippen LogP contribution >= 0.6 is 15.9 Å². The Hall–Kier alpha value is -1.34. The average molecular weight is 445 g/mol. The number of fused-ring (bicyclic) bond motifs is 2. The van der Waals surface area contributed by atoms with Crippen molar-refractivity contribution in [3.8, 4) is 5.75 Å². The molecule has 7 heteroatoms. The molecule has 1 fully saturated rings. The van der Waals surface area contributed by atoms with Crippen molar-refractivity contribution >= 4 is 22.0 Å². The van der Waals surface area contributed by atoms with Crippen LogP contribution in [0.25, 0.3) is 0 Å². The fourth-order valence-corrected chi connectivity index (χ4v) is 3.56. The molecule has 0 spiro atoms. The van der Waals surface area contributed by atoms with Crippen LogP contribution in [0.15, 0.2) is 10.5 Å². The molecule has 1 aromatic carbocycles. The molecule has 5 nitrogen and oxygen atoms in total. The van der Waals surface area contributed by atoms with Gasteiger partial charge in [-0.3, -0.25) is 4.90 Å². The van der Waals surface area contributed by atoms with Crippen molar-refractivity contribution in [3.63, 3.8) is 0 Å². The molecule has 152 valence electrons. The number of carbonyl (C=O) groups excluding carboxylic acids is 1. The van der Waals surface area contributed by atoms with Crippen molar-refractivity contribution in [1.82, 2.24) is 9.80 Å². The number of halogens is 2. The van der Waals surface area contributed by atoms with Gasteiger partial charge in [-0.2, -0.15) is 0 Å². The summed E-state index contributed by atoms with van der Waals surface area (Å²) in [6.45, 7) is 14.4. The molecule has 2 aliphatic heterocycles. The predicted octanol–water partition coefficient (Wildman–Crippen LogP) is 4.74. The second-order valence-corrected chi connectivity index (χ2v) is 8.44. The number of amides is 1. The minimum Gasteiger partial charge on any atom is -0.491 e. The maximum absolute atomic E-state index is 14.1. The zero-order valence-electron chi connectivity index (χ0n) is 17.1. The standard InChI is InChI=1S/C18H24BrFN2O3.C2H6/c1-11-15(19)14(20)7-12-8-21-5-6-22(17(23)25-18(2,3)4)9-13(21)10-24-16(11)12;1-2/h7,13H,5-6,8-10H2,1-4H3;1-2H3. The second kappa shape index (κ2) is 8.78. The van der Waals surface area contributed by atoms with E-state index in [0.29, 0.717) is 37.3 Å². The molecule has 1 saturated heterocycles. The second-order valence-electron chi connectivity index (χ2n) is 7.65. The Morgan fingerprint density at radius 2 is 2.00 bits per heavy atom. The van der Waals surface area contributed by atoms with Gasteiger partial charge < -0.3 is 14.4 Å². The molecule has 2 heterocycles. The molecule has 2 aliphatic rings. The average Bonchev–Trinajstić information content (AvgIpc) is 2.78. The van der Waals surface area contributed by atoms with Crippen LogP contribution in [-0.2, 0) is 11.3 Å².